The molecule has 0 bridgehead atoms. The van der Waals surface area contributed by atoms with E-state index in [9.17, 15) is 13.2 Å². The molecule has 6 nitrogen and oxygen atoms in total. The lowest BCUT2D eigenvalue weighted by Gasteiger charge is -2.18. The lowest BCUT2D eigenvalue weighted by molar-refractivity contribution is 0.0792. The van der Waals surface area contributed by atoms with Crippen LogP contribution in [0.4, 0.5) is 5.69 Å². The minimum atomic E-state index is -3.77. The highest BCUT2D eigenvalue weighted by atomic mass is 32.2. The largest absolute Gasteiger partial charge is 0.337 e. The van der Waals surface area contributed by atoms with Gasteiger partial charge >= 0.3 is 0 Å². The molecular weight excluding hydrogens is 338 g/mol. The van der Waals surface area contributed by atoms with Crippen LogP contribution in [0.25, 0.3) is 0 Å². The highest BCUT2D eigenvalue weighted by Crippen LogP contribution is 2.23. The summed E-state index contributed by atoms with van der Waals surface area (Å²) in [4.78, 5) is 14.5. The van der Waals surface area contributed by atoms with Gasteiger partial charge in [-0.1, -0.05) is 29.8 Å². The minimum absolute atomic E-state index is 0.0274. The lowest BCUT2D eigenvalue weighted by Crippen LogP contribution is -2.32. The van der Waals surface area contributed by atoms with Crippen molar-refractivity contribution in [3.05, 3.63) is 59.7 Å². The van der Waals surface area contributed by atoms with Crippen LogP contribution in [-0.2, 0) is 10.0 Å². The van der Waals surface area contributed by atoms with Crippen LogP contribution in [0.1, 0.15) is 22.3 Å². The van der Waals surface area contributed by atoms with Crippen molar-refractivity contribution in [1.29, 1.82) is 0 Å². The molecule has 1 heterocycles. The van der Waals surface area contributed by atoms with Crippen LogP contribution in [-0.4, -0.2) is 38.4 Å². The molecule has 0 radical (unpaired) electrons. The smallest absolute Gasteiger partial charge is 0.261 e. The number of nitrogens with one attached hydrogen (secondary N) is 1. The molecule has 132 valence electrons. The van der Waals surface area contributed by atoms with Crippen molar-refractivity contribution in [1.82, 2.24) is 4.90 Å². The van der Waals surface area contributed by atoms with Gasteiger partial charge in [0.25, 0.3) is 15.9 Å². The number of carbonyl (C=O) groups excluding carboxylic acids is 1. The van der Waals surface area contributed by atoms with E-state index in [0.717, 1.165) is 12.0 Å². The SMILES string of the molecule is Cc1ccc(S(=O)(=O)Nc2ccccc2C(=O)N2CC[C@@H](N)C2)cc1. The summed E-state index contributed by atoms with van der Waals surface area (Å²) in [7, 11) is -3.77. The number of rotatable bonds is 4. The molecule has 3 rings (SSSR count). The van der Waals surface area contributed by atoms with Crippen LogP contribution in [0, 0.1) is 6.92 Å². The predicted octanol–water partition coefficient (Wildman–Crippen LogP) is 1.97. The second-order valence-electron chi connectivity index (χ2n) is 6.26. The second-order valence-corrected chi connectivity index (χ2v) is 7.95. The molecule has 0 aliphatic carbocycles. The number of likely N-dealkylation sites (tertiary alicyclic amines) is 1. The third kappa shape index (κ3) is 3.83. The Hall–Kier alpha value is -2.38. The van der Waals surface area contributed by atoms with Crippen molar-refractivity contribution in [2.24, 2.45) is 5.73 Å². The average molecular weight is 359 g/mol. The number of amides is 1. The van der Waals surface area contributed by atoms with Crippen LogP contribution in [0.3, 0.4) is 0 Å². The van der Waals surface area contributed by atoms with Gasteiger partial charge in [0.15, 0.2) is 0 Å². The van der Waals surface area contributed by atoms with Crippen LogP contribution in [0.5, 0.6) is 0 Å². The Balaban J connectivity index is 1.88. The Bertz CT molecular complexity index is 879. The quantitative estimate of drug-likeness (QED) is 0.873. The molecule has 1 fully saturated rings. The van der Waals surface area contributed by atoms with Crippen molar-refractivity contribution in [2.45, 2.75) is 24.3 Å². The summed E-state index contributed by atoms with van der Waals surface area (Å²) in [5.41, 5.74) is 7.43. The van der Waals surface area contributed by atoms with Crippen molar-refractivity contribution in [3.8, 4) is 0 Å². The molecule has 0 aromatic heterocycles. The zero-order valence-corrected chi connectivity index (χ0v) is 14.8. The van der Waals surface area contributed by atoms with E-state index < -0.39 is 10.0 Å². The number of aryl methyl sites for hydroxylation is 1. The average Bonchev–Trinajstić information content (AvgIpc) is 3.01. The summed E-state index contributed by atoms with van der Waals surface area (Å²) in [5.74, 6) is -0.213. The van der Waals surface area contributed by atoms with E-state index in [0.29, 0.717) is 18.7 Å². The fraction of sp³-hybridized carbons (Fsp3) is 0.278. The van der Waals surface area contributed by atoms with Gasteiger partial charge in [-0.15, -0.1) is 0 Å². The number of carbonyl (C=O) groups is 1. The summed E-state index contributed by atoms with van der Waals surface area (Å²) in [6, 6.07) is 13.2. The maximum atomic E-state index is 12.7. The number of sulfonamides is 1. The Kier molecular flexibility index (Phi) is 4.78. The summed E-state index contributed by atoms with van der Waals surface area (Å²) < 4.78 is 27.7. The lowest BCUT2D eigenvalue weighted by atomic mass is 10.1. The molecule has 2 aromatic carbocycles. The standard InChI is InChI=1S/C18H21N3O3S/c1-13-6-8-15(9-7-13)25(23,24)20-17-5-3-2-4-16(17)18(22)21-11-10-14(19)12-21/h2-9,14,20H,10-12,19H2,1H3/t14-/m1/s1. The fourth-order valence-electron chi connectivity index (χ4n) is 2.82. The van der Waals surface area contributed by atoms with Gasteiger partial charge in [0.05, 0.1) is 16.1 Å². The molecule has 0 unspecified atom stereocenters. The molecular formula is C18H21N3O3S. The molecule has 1 aliphatic rings. The molecule has 1 aliphatic heterocycles. The Morgan fingerprint density at radius 2 is 1.84 bits per heavy atom. The number of hydrogen-bond donors (Lipinski definition) is 2. The first-order valence-electron chi connectivity index (χ1n) is 8.10. The normalized spacial score (nSPS) is 17.5. The zero-order chi connectivity index (χ0) is 18.0. The van der Waals surface area contributed by atoms with Crippen LogP contribution >= 0.6 is 0 Å². The molecule has 0 saturated carbocycles. The van der Waals surface area contributed by atoms with Gasteiger partial charge in [-0.05, 0) is 37.6 Å². The maximum absolute atomic E-state index is 12.7. The van der Waals surface area contributed by atoms with E-state index in [1.54, 1.807) is 53.4 Å². The molecule has 2 aromatic rings. The first kappa shape index (κ1) is 17.4. The van der Waals surface area contributed by atoms with Crippen molar-refractivity contribution in [2.75, 3.05) is 17.8 Å². The fourth-order valence-corrected chi connectivity index (χ4v) is 3.90. The van der Waals surface area contributed by atoms with E-state index in [-0.39, 0.29) is 22.5 Å². The summed E-state index contributed by atoms with van der Waals surface area (Å²) >= 11 is 0. The van der Waals surface area contributed by atoms with Gasteiger partial charge in [-0.2, -0.15) is 0 Å². The third-order valence-corrected chi connectivity index (χ3v) is 5.63. The van der Waals surface area contributed by atoms with E-state index in [4.69, 9.17) is 5.73 Å². The molecule has 3 N–H and O–H groups in total. The van der Waals surface area contributed by atoms with E-state index in [2.05, 4.69) is 4.72 Å². The summed E-state index contributed by atoms with van der Waals surface area (Å²) in [5, 5.41) is 0. The molecule has 1 amide bonds. The number of para-hydroxylation sites is 1. The Labute approximate surface area is 147 Å². The predicted molar refractivity (Wildman–Crippen MR) is 96.9 cm³/mol. The van der Waals surface area contributed by atoms with Gasteiger partial charge in [0, 0.05) is 19.1 Å². The molecule has 1 atom stereocenters. The number of hydrogen-bond acceptors (Lipinski definition) is 4. The number of anilines is 1. The van der Waals surface area contributed by atoms with Crippen LogP contribution in [0.15, 0.2) is 53.4 Å². The third-order valence-electron chi connectivity index (χ3n) is 4.24. The van der Waals surface area contributed by atoms with E-state index >= 15 is 0 Å². The first-order chi connectivity index (χ1) is 11.9. The second kappa shape index (κ2) is 6.85. The molecule has 7 heteroatoms. The summed E-state index contributed by atoms with van der Waals surface area (Å²) in [6.45, 7) is 2.95. The molecule has 0 spiro atoms. The van der Waals surface area contributed by atoms with Gasteiger partial charge < -0.3 is 10.6 Å². The highest BCUT2D eigenvalue weighted by Gasteiger charge is 2.27. The van der Waals surface area contributed by atoms with E-state index in [1.807, 2.05) is 6.92 Å². The van der Waals surface area contributed by atoms with Gasteiger partial charge in [0.2, 0.25) is 0 Å². The highest BCUT2D eigenvalue weighted by molar-refractivity contribution is 7.92. The first-order valence-corrected chi connectivity index (χ1v) is 9.58. The zero-order valence-electron chi connectivity index (χ0n) is 14.0. The number of nitrogens with zero attached hydrogens (tertiary/aromatic N) is 1. The van der Waals surface area contributed by atoms with Crippen LogP contribution in [0.2, 0.25) is 0 Å². The minimum Gasteiger partial charge on any atom is -0.337 e. The van der Waals surface area contributed by atoms with Crippen molar-refractivity contribution >= 4 is 21.6 Å². The van der Waals surface area contributed by atoms with Crippen LogP contribution < -0.4 is 10.5 Å². The monoisotopic (exact) mass is 359 g/mol. The Morgan fingerprint density at radius 1 is 1.16 bits per heavy atom. The topological polar surface area (TPSA) is 92.5 Å². The van der Waals surface area contributed by atoms with E-state index in [1.165, 1.54) is 0 Å². The van der Waals surface area contributed by atoms with Crippen molar-refractivity contribution < 1.29 is 13.2 Å². The maximum Gasteiger partial charge on any atom is 0.261 e. The van der Waals surface area contributed by atoms with Gasteiger partial charge in [-0.3, -0.25) is 9.52 Å². The van der Waals surface area contributed by atoms with Gasteiger partial charge in [-0.25, -0.2) is 8.42 Å². The Morgan fingerprint density at radius 3 is 2.48 bits per heavy atom. The van der Waals surface area contributed by atoms with Gasteiger partial charge in [0.1, 0.15) is 0 Å². The number of nitrogens with two attached hydrogens (primary N) is 1. The molecule has 1 saturated heterocycles. The van der Waals surface area contributed by atoms with Crippen molar-refractivity contribution in [3.63, 3.8) is 0 Å². The number of benzene rings is 2. The molecule has 25 heavy (non-hydrogen) atoms. The summed E-state index contributed by atoms with van der Waals surface area (Å²) in [6.07, 6.45) is 0.753.